The molecule has 2 amide bonds. The lowest BCUT2D eigenvalue weighted by atomic mass is 9.94. The minimum Gasteiger partial charge on any atom is -0.483 e. The number of benzene rings is 2. The number of hydrogen-bond donors (Lipinski definition) is 1. The molecule has 0 unspecified atom stereocenters. The van der Waals surface area contributed by atoms with E-state index < -0.39 is 5.41 Å². The Balaban J connectivity index is 1.67. The highest BCUT2D eigenvalue weighted by Gasteiger charge is 2.32. The van der Waals surface area contributed by atoms with Gasteiger partial charge in [0.15, 0.2) is 6.61 Å². The smallest absolute Gasteiger partial charge is 0.262 e. The van der Waals surface area contributed by atoms with Crippen LogP contribution in [0.15, 0.2) is 42.5 Å². The Morgan fingerprint density at radius 2 is 1.89 bits per heavy atom. The molecule has 27 heavy (non-hydrogen) atoms. The summed E-state index contributed by atoms with van der Waals surface area (Å²) in [6.45, 7) is 8.31. The van der Waals surface area contributed by atoms with E-state index in [4.69, 9.17) is 4.74 Å². The van der Waals surface area contributed by atoms with Crippen molar-refractivity contribution < 1.29 is 14.3 Å². The van der Waals surface area contributed by atoms with Crippen LogP contribution in [0.4, 0.5) is 11.4 Å². The van der Waals surface area contributed by atoms with Crippen molar-refractivity contribution in [2.75, 3.05) is 23.4 Å². The Kier molecular flexibility index (Phi) is 5.22. The molecule has 0 saturated heterocycles. The molecule has 0 radical (unpaired) electrons. The first-order valence-corrected chi connectivity index (χ1v) is 9.19. The molecule has 1 heterocycles. The lowest BCUT2D eigenvalue weighted by Crippen LogP contribution is -2.38. The van der Waals surface area contributed by atoms with Crippen LogP contribution >= 0.6 is 0 Å². The second kappa shape index (κ2) is 7.43. The van der Waals surface area contributed by atoms with Crippen LogP contribution in [0.25, 0.3) is 0 Å². The number of aryl methyl sites for hydroxylation is 1. The highest BCUT2D eigenvalue weighted by molar-refractivity contribution is 6.00. The molecule has 1 N–H and O–H groups in total. The van der Waals surface area contributed by atoms with E-state index in [1.165, 1.54) is 0 Å². The molecule has 2 aromatic rings. The Morgan fingerprint density at radius 3 is 2.59 bits per heavy atom. The van der Waals surface area contributed by atoms with Gasteiger partial charge in [0.1, 0.15) is 5.75 Å². The van der Waals surface area contributed by atoms with E-state index in [0.29, 0.717) is 18.0 Å². The van der Waals surface area contributed by atoms with Crippen LogP contribution in [0.3, 0.4) is 0 Å². The fraction of sp³-hybridized carbons (Fsp3) is 0.364. The third-order valence-electron chi connectivity index (χ3n) is 4.60. The zero-order chi connectivity index (χ0) is 19.6. The summed E-state index contributed by atoms with van der Waals surface area (Å²) in [6, 6.07) is 13.3. The van der Waals surface area contributed by atoms with Crippen molar-refractivity contribution in [1.82, 2.24) is 0 Å². The lowest BCUT2D eigenvalue weighted by molar-refractivity contribution is -0.125. The molecule has 5 nitrogen and oxygen atoms in total. The number of hydrogen-bond acceptors (Lipinski definition) is 3. The van der Waals surface area contributed by atoms with E-state index in [0.717, 1.165) is 23.2 Å². The van der Waals surface area contributed by atoms with E-state index in [2.05, 4.69) is 5.32 Å². The average Bonchev–Trinajstić information content (AvgIpc) is 3.02. The van der Waals surface area contributed by atoms with E-state index in [-0.39, 0.29) is 18.4 Å². The van der Waals surface area contributed by atoms with Crippen LogP contribution in [-0.2, 0) is 16.0 Å². The normalized spacial score (nSPS) is 13.3. The lowest BCUT2D eigenvalue weighted by Gasteiger charge is -2.26. The van der Waals surface area contributed by atoms with Gasteiger partial charge in [-0.15, -0.1) is 0 Å². The number of carbonyl (C=O) groups is 2. The summed E-state index contributed by atoms with van der Waals surface area (Å²) >= 11 is 0. The first kappa shape index (κ1) is 19.0. The van der Waals surface area contributed by atoms with Crippen LogP contribution in [0.2, 0.25) is 0 Å². The molecule has 3 rings (SSSR count). The predicted octanol–water partition coefficient (Wildman–Crippen LogP) is 3.95. The van der Waals surface area contributed by atoms with Crippen LogP contribution in [0.5, 0.6) is 5.75 Å². The summed E-state index contributed by atoms with van der Waals surface area (Å²) in [5.74, 6) is 0.557. The minimum absolute atomic E-state index is 0.0629. The Morgan fingerprint density at radius 1 is 1.15 bits per heavy atom. The average molecular weight is 366 g/mol. The number of para-hydroxylation sites is 1. The van der Waals surface area contributed by atoms with Gasteiger partial charge < -0.3 is 15.0 Å². The topological polar surface area (TPSA) is 58.6 Å². The van der Waals surface area contributed by atoms with E-state index in [1.807, 2.05) is 75.1 Å². The van der Waals surface area contributed by atoms with Crippen LogP contribution < -0.4 is 15.0 Å². The number of nitrogens with one attached hydrogen (secondary N) is 1. The summed E-state index contributed by atoms with van der Waals surface area (Å²) in [5.41, 5.74) is 3.22. The molecule has 0 spiro atoms. The van der Waals surface area contributed by atoms with Gasteiger partial charge in [-0.05, 0) is 42.7 Å². The predicted molar refractivity (Wildman–Crippen MR) is 107 cm³/mol. The van der Waals surface area contributed by atoms with Crippen molar-refractivity contribution in [3.8, 4) is 5.75 Å². The number of anilines is 2. The molecule has 0 bridgehead atoms. The van der Waals surface area contributed by atoms with E-state index in [1.54, 1.807) is 0 Å². The van der Waals surface area contributed by atoms with Crippen molar-refractivity contribution in [3.63, 3.8) is 0 Å². The molecular weight excluding hydrogens is 340 g/mol. The van der Waals surface area contributed by atoms with Gasteiger partial charge in [-0.25, -0.2) is 0 Å². The summed E-state index contributed by atoms with van der Waals surface area (Å²) in [6.07, 6.45) is 0.835. The third kappa shape index (κ3) is 4.30. The summed E-state index contributed by atoms with van der Waals surface area (Å²) in [4.78, 5) is 26.7. The third-order valence-corrected chi connectivity index (χ3v) is 4.60. The first-order chi connectivity index (χ1) is 12.8. The zero-order valence-electron chi connectivity index (χ0n) is 16.3. The van der Waals surface area contributed by atoms with Gasteiger partial charge in [0.25, 0.3) is 5.91 Å². The van der Waals surface area contributed by atoms with Gasteiger partial charge in [-0.3, -0.25) is 9.59 Å². The number of fused-ring (bicyclic) bond motifs is 1. The highest BCUT2D eigenvalue weighted by Crippen LogP contribution is 2.34. The Hall–Kier alpha value is -2.82. The van der Waals surface area contributed by atoms with Crippen molar-refractivity contribution in [3.05, 3.63) is 53.6 Å². The monoisotopic (exact) mass is 366 g/mol. The molecule has 0 fully saturated rings. The SMILES string of the molecule is Cc1ccccc1OCC(=O)Nc1ccc2c(c1)N(C(=O)C(C)(C)C)CC2. The largest absolute Gasteiger partial charge is 0.483 e. The fourth-order valence-corrected chi connectivity index (χ4v) is 3.13. The van der Waals surface area contributed by atoms with Crippen molar-refractivity contribution in [1.29, 1.82) is 0 Å². The first-order valence-electron chi connectivity index (χ1n) is 9.19. The van der Waals surface area contributed by atoms with E-state index in [9.17, 15) is 9.59 Å². The molecule has 1 aliphatic heterocycles. The number of nitrogens with zero attached hydrogens (tertiary/aromatic N) is 1. The van der Waals surface area contributed by atoms with Crippen molar-refractivity contribution >= 4 is 23.2 Å². The Bertz CT molecular complexity index is 868. The molecule has 0 aliphatic carbocycles. The van der Waals surface area contributed by atoms with Gasteiger partial charge in [0.05, 0.1) is 0 Å². The molecule has 0 saturated carbocycles. The maximum absolute atomic E-state index is 12.7. The standard InChI is InChI=1S/C22H26N2O3/c1-15-7-5-6-8-19(15)27-14-20(25)23-17-10-9-16-11-12-24(18(16)13-17)21(26)22(2,3)4/h5-10,13H,11-12,14H2,1-4H3,(H,23,25). The number of carbonyl (C=O) groups excluding carboxylic acids is 2. The van der Waals surface area contributed by atoms with Crippen LogP contribution in [-0.4, -0.2) is 25.0 Å². The summed E-state index contributed by atoms with van der Waals surface area (Å²) in [5, 5.41) is 2.86. The minimum atomic E-state index is -0.442. The molecule has 0 atom stereocenters. The van der Waals surface area contributed by atoms with Crippen molar-refractivity contribution in [2.24, 2.45) is 5.41 Å². The van der Waals surface area contributed by atoms with Gasteiger partial charge >= 0.3 is 0 Å². The van der Waals surface area contributed by atoms with Crippen LogP contribution in [0, 0.1) is 12.3 Å². The van der Waals surface area contributed by atoms with Gasteiger partial charge in [-0.2, -0.15) is 0 Å². The Labute approximate surface area is 160 Å². The number of rotatable bonds is 4. The van der Waals surface area contributed by atoms with Crippen LogP contribution in [0.1, 0.15) is 31.9 Å². The molecular formula is C22H26N2O3. The van der Waals surface area contributed by atoms with Gasteiger partial charge in [-0.1, -0.05) is 45.0 Å². The van der Waals surface area contributed by atoms with Crippen molar-refractivity contribution in [2.45, 2.75) is 34.1 Å². The quantitative estimate of drug-likeness (QED) is 0.891. The second-order valence-electron chi connectivity index (χ2n) is 7.90. The molecule has 0 aromatic heterocycles. The van der Waals surface area contributed by atoms with Gasteiger partial charge in [0.2, 0.25) is 5.91 Å². The molecule has 5 heteroatoms. The second-order valence-corrected chi connectivity index (χ2v) is 7.90. The maximum Gasteiger partial charge on any atom is 0.262 e. The molecule has 142 valence electrons. The molecule has 1 aliphatic rings. The highest BCUT2D eigenvalue weighted by atomic mass is 16.5. The zero-order valence-corrected chi connectivity index (χ0v) is 16.3. The van der Waals surface area contributed by atoms with Gasteiger partial charge in [0, 0.05) is 23.3 Å². The van der Waals surface area contributed by atoms with E-state index >= 15 is 0 Å². The fourth-order valence-electron chi connectivity index (χ4n) is 3.13. The molecule has 2 aromatic carbocycles. The maximum atomic E-state index is 12.7. The summed E-state index contributed by atoms with van der Waals surface area (Å²) < 4.78 is 5.59. The number of amides is 2. The summed E-state index contributed by atoms with van der Waals surface area (Å²) in [7, 11) is 0. The number of ether oxygens (including phenoxy) is 1.